The lowest BCUT2D eigenvalue weighted by Crippen LogP contribution is -2.38. The zero-order chi connectivity index (χ0) is 19.0. The van der Waals surface area contributed by atoms with Crippen molar-refractivity contribution < 1.29 is 13.9 Å². The summed E-state index contributed by atoms with van der Waals surface area (Å²) in [5.41, 5.74) is 0.564. The molecule has 0 unspecified atom stereocenters. The van der Waals surface area contributed by atoms with Gasteiger partial charge in [0.15, 0.2) is 5.15 Å². The van der Waals surface area contributed by atoms with Crippen LogP contribution in [0.3, 0.4) is 0 Å². The van der Waals surface area contributed by atoms with E-state index in [1.165, 1.54) is 16.7 Å². The first kappa shape index (κ1) is 17.7. The fourth-order valence-corrected chi connectivity index (χ4v) is 3.57. The third kappa shape index (κ3) is 3.35. The van der Waals surface area contributed by atoms with E-state index in [1.54, 1.807) is 29.2 Å². The molecule has 27 heavy (non-hydrogen) atoms. The molecule has 1 aromatic carbocycles. The van der Waals surface area contributed by atoms with Crippen LogP contribution >= 0.6 is 11.6 Å². The van der Waals surface area contributed by atoms with Gasteiger partial charge in [0.1, 0.15) is 18.5 Å². The molecule has 6 nitrogen and oxygen atoms in total. The number of likely N-dealkylation sites (tertiary alicyclic amines) is 1. The number of amides is 1. The number of nitrogens with zero attached hydrogens (tertiary/aromatic N) is 3. The Kier molecular flexibility index (Phi) is 4.70. The largest absolute Gasteiger partial charge is 0.469 e. The van der Waals surface area contributed by atoms with Crippen LogP contribution in [0.4, 0.5) is 4.39 Å². The quantitative estimate of drug-likeness (QED) is 0.806. The molecule has 0 N–H and O–H groups in total. The first-order chi connectivity index (χ1) is 13.0. The number of hydrogen-bond acceptors (Lipinski definition) is 4. The van der Waals surface area contributed by atoms with Crippen LogP contribution in [0.2, 0.25) is 5.15 Å². The second-order valence-corrected chi connectivity index (χ2v) is 6.88. The minimum absolute atomic E-state index is 0.0381. The third-order valence-corrected chi connectivity index (χ3v) is 5.02. The molecule has 1 aromatic heterocycles. The molecular weight excluding hydrogens is 373 g/mol. The molecule has 2 aliphatic rings. The summed E-state index contributed by atoms with van der Waals surface area (Å²) >= 11 is 6.20. The fourth-order valence-electron chi connectivity index (χ4n) is 3.34. The Morgan fingerprint density at radius 2 is 1.96 bits per heavy atom. The molecule has 2 aromatic rings. The Morgan fingerprint density at radius 3 is 2.67 bits per heavy atom. The Balaban J connectivity index is 1.61. The zero-order valence-corrected chi connectivity index (χ0v) is 15.2. The number of carbonyl (C=O) groups excluding carboxylic acids is 1. The lowest BCUT2D eigenvalue weighted by molar-refractivity contribution is -0.132. The smallest absolute Gasteiger partial charge is 0.314 e. The standard InChI is InChI=1S/C19H17ClFN3O3/c20-16-14-7-8-15(18(25)23-9-1-2-10-23)24(14)19(26)17(22-16)27-11-12-3-5-13(21)6-4-12/h3-8,15H,1-2,9-11H2/t15-/m0/s1. The summed E-state index contributed by atoms with van der Waals surface area (Å²) in [6, 6.07) is 5.00. The van der Waals surface area contributed by atoms with Gasteiger partial charge in [-0.2, -0.15) is 4.98 Å². The molecule has 8 heteroatoms. The number of benzene rings is 1. The highest BCUT2D eigenvalue weighted by Crippen LogP contribution is 2.29. The Morgan fingerprint density at radius 1 is 1.26 bits per heavy atom. The molecule has 0 spiro atoms. The Labute approximate surface area is 159 Å². The minimum Gasteiger partial charge on any atom is -0.469 e. The van der Waals surface area contributed by atoms with Crippen LogP contribution in [-0.2, 0) is 11.4 Å². The van der Waals surface area contributed by atoms with Gasteiger partial charge in [-0.25, -0.2) is 4.39 Å². The number of halogens is 2. The van der Waals surface area contributed by atoms with Gasteiger partial charge in [0.05, 0.1) is 5.69 Å². The van der Waals surface area contributed by atoms with Gasteiger partial charge in [-0.15, -0.1) is 0 Å². The first-order valence-corrected chi connectivity index (χ1v) is 9.08. The molecule has 4 rings (SSSR count). The number of aromatic nitrogens is 2. The maximum absolute atomic E-state index is 13.0. The molecule has 0 saturated carbocycles. The van der Waals surface area contributed by atoms with E-state index in [2.05, 4.69) is 4.98 Å². The predicted molar refractivity (Wildman–Crippen MR) is 98.1 cm³/mol. The van der Waals surface area contributed by atoms with Crippen molar-refractivity contribution in [3.8, 4) is 5.88 Å². The van der Waals surface area contributed by atoms with Gasteiger partial charge in [0.25, 0.3) is 5.88 Å². The van der Waals surface area contributed by atoms with E-state index in [0.717, 1.165) is 12.8 Å². The second-order valence-electron chi connectivity index (χ2n) is 6.52. The number of rotatable bonds is 4. The third-order valence-electron chi connectivity index (χ3n) is 4.75. The highest BCUT2D eigenvalue weighted by atomic mass is 35.5. The zero-order valence-electron chi connectivity index (χ0n) is 14.4. The van der Waals surface area contributed by atoms with Crippen molar-refractivity contribution in [1.82, 2.24) is 14.5 Å². The summed E-state index contributed by atoms with van der Waals surface area (Å²) in [7, 11) is 0. The Bertz CT molecular complexity index is 965. The minimum atomic E-state index is -0.737. The van der Waals surface area contributed by atoms with Crippen LogP contribution in [0.5, 0.6) is 5.88 Å². The summed E-state index contributed by atoms with van der Waals surface area (Å²) in [6.07, 6.45) is 5.23. The van der Waals surface area contributed by atoms with Crippen LogP contribution in [-0.4, -0.2) is 33.4 Å². The van der Waals surface area contributed by atoms with E-state index < -0.39 is 11.6 Å². The highest BCUT2D eigenvalue weighted by molar-refractivity contribution is 6.30. The van der Waals surface area contributed by atoms with Gasteiger partial charge in [-0.1, -0.05) is 29.8 Å². The highest BCUT2D eigenvalue weighted by Gasteiger charge is 2.33. The lowest BCUT2D eigenvalue weighted by Gasteiger charge is -2.21. The first-order valence-electron chi connectivity index (χ1n) is 8.71. The predicted octanol–water partition coefficient (Wildman–Crippen LogP) is 2.81. The SMILES string of the molecule is O=C([C@@H]1C=Cc2c(Cl)nc(OCc3ccc(F)cc3)c(=O)n21)N1CCCC1. The lowest BCUT2D eigenvalue weighted by atomic mass is 10.2. The van der Waals surface area contributed by atoms with Crippen LogP contribution in [0.1, 0.15) is 30.1 Å². The molecule has 1 atom stereocenters. The van der Waals surface area contributed by atoms with Crippen molar-refractivity contribution in [2.75, 3.05) is 13.1 Å². The van der Waals surface area contributed by atoms with Crippen LogP contribution < -0.4 is 10.3 Å². The van der Waals surface area contributed by atoms with Crippen molar-refractivity contribution in [1.29, 1.82) is 0 Å². The van der Waals surface area contributed by atoms with Crippen LogP contribution in [0.25, 0.3) is 6.08 Å². The molecular formula is C19H17ClFN3O3. The number of ether oxygens (including phenoxy) is 1. The summed E-state index contributed by atoms with van der Waals surface area (Å²) in [5.74, 6) is -0.667. The molecule has 1 amide bonds. The molecule has 3 heterocycles. The Hall–Kier alpha value is -2.67. The average Bonchev–Trinajstić information content (AvgIpc) is 3.34. The molecule has 1 saturated heterocycles. The monoisotopic (exact) mass is 389 g/mol. The topological polar surface area (TPSA) is 64.4 Å². The van der Waals surface area contributed by atoms with Crippen molar-refractivity contribution in [2.24, 2.45) is 0 Å². The van der Waals surface area contributed by atoms with E-state index >= 15 is 0 Å². The van der Waals surface area contributed by atoms with Gasteiger partial charge in [-0.05, 0) is 36.6 Å². The van der Waals surface area contributed by atoms with Crippen molar-refractivity contribution in [3.05, 3.63) is 62.9 Å². The van der Waals surface area contributed by atoms with Gasteiger partial charge in [-0.3, -0.25) is 14.2 Å². The van der Waals surface area contributed by atoms with Crippen LogP contribution in [0, 0.1) is 5.82 Å². The van der Waals surface area contributed by atoms with Gasteiger partial charge >= 0.3 is 5.56 Å². The van der Waals surface area contributed by atoms with Gasteiger partial charge < -0.3 is 9.64 Å². The van der Waals surface area contributed by atoms with E-state index in [9.17, 15) is 14.0 Å². The van der Waals surface area contributed by atoms with Crippen molar-refractivity contribution in [3.63, 3.8) is 0 Å². The second kappa shape index (κ2) is 7.15. The van der Waals surface area contributed by atoms with E-state index in [-0.39, 0.29) is 29.4 Å². The maximum atomic E-state index is 13.0. The summed E-state index contributed by atoms with van der Waals surface area (Å²) in [6.45, 7) is 1.43. The number of carbonyl (C=O) groups is 1. The van der Waals surface area contributed by atoms with Gasteiger partial charge in [0.2, 0.25) is 5.91 Å². The average molecular weight is 390 g/mol. The van der Waals surface area contributed by atoms with E-state index in [1.807, 2.05) is 0 Å². The maximum Gasteiger partial charge on any atom is 0.314 e. The van der Waals surface area contributed by atoms with E-state index in [0.29, 0.717) is 24.3 Å². The van der Waals surface area contributed by atoms with Crippen molar-refractivity contribution >= 4 is 23.6 Å². The fraction of sp³-hybridized carbons (Fsp3) is 0.316. The number of hydrogen-bond donors (Lipinski definition) is 0. The molecule has 2 aliphatic heterocycles. The molecule has 0 radical (unpaired) electrons. The molecule has 1 fully saturated rings. The summed E-state index contributed by atoms with van der Waals surface area (Å²) < 4.78 is 19.8. The summed E-state index contributed by atoms with van der Waals surface area (Å²) in [4.78, 5) is 31.4. The normalized spacial score (nSPS) is 18.0. The number of fused-ring (bicyclic) bond motifs is 1. The molecule has 0 bridgehead atoms. The molecule has 140 valence electrons. The van der Waals surface area contributed by atoms with Crippen LogP contribution in [0.15, 0.2) is 35.1 Å². The van der Waals surface area contributed by atoms with E-state index in [4.69, 9.17) is 16.3 Å². The molecule has 0 aliphatic carbocycles. The van der Waals surface area contributed by atoms with Gasteiger partial charge in [0, 0.05) is 13.1 Å². The summed E-state index contributed by atoms with van der Waals surface area (Å²) in [5, 5.41) is 0.0941. The van der Waals surface area contributed by atoms with Crippen molar-refractivity contribution in [2.45, 2.75) is 25.5 Å².